The maximum atomic E-state index is 14.2. The third kappa shape index (κ3) is 4.48. The van der Waals surface area contributed by atoms with Crippen LogP contribution in [0, 0.1) is 25.7 Å². The number of nitrogens with one attached hydrogen (secondary N) is 2. The molecule has 8 heteroatoms. The number of fused-ring (bicyclic) bond motifs is 1. The number of anilines is 1. The van der Waals surface area contributed by atoms with Gasteiger partial charge in [-0.25, -0.2) is 0 Å². The van der Waals surface area contributed by atoms with Crippen LogP contribution in [0.4, 0.5) is 5.69 Å². The van der Waals surface area contributed by atoms with Crippen LogP contribution in [0.5, 0.6) is 5.75 Å². The van der Waals surface area contributed by atoms with E-state index in [9.17, 15) is 14.4 Å². The topological polar surface area (TPSA) is 97.0 Å². The zero-order valence-corrected chi connectivity index (χ0v) is 23.3. The Morgan fingerprint density at radius 3 is 2.60 bits per heavy atom. The van der Waals surface area contributed by atoms with Crippen LogP contribution in [0.2, 0.25) is 0 Å². The van der Waals surface area contributed by atoms with Gasteiger partial charge >= 0.3 is 0 Å². The van der Waals surface area contributed by atoms with E-state index in [4.69, 9.17) is 9.47 Å². The van der Waals surface area contributed by atoms with Crippen molar-refractivity contribution < 1.29 is 23.9 Å². The van der Waals surface area contributed by atoms with Crippen molar-refractivity contribution in [2.45, 2.75) is 76.3 Å². The van der Waals surface area contributed by atoms with Crippen molar-refractivity contribution in [1.29, 1.82) is 0 Å². The Labute approximate surface area is 235 Å². The molecular formula is C32H37N3O5. The van der Waals surface area contributed by atoms with E-state index in [0.29, 0.717) is 11.4 Å². The molecule has 40 heavy (non-hydrogen) atoms. The Morgan fingerprint density at radius 2 is 1.85 bits per heavy atom. The van der Waals surface area contributed by atoms with Crippen LogP contribution in [-0.4, -0.2) is 53.5 Å². The number of carbonyl (C=O) groups is 3. The molecule has 210 valence electrons. The summed E-state index contributed by atoms with van der Waals surface area (Å²) in [6.07, 6.45) is 8.33. The van der Waals surface area contributed by atoms with Crippen molar-refractivity contribution in [1.82, 2.24) is 10.2 Å². The Morgan fingerprint density at radius 1 is 1.05 bits per heavy atom. The van der Waals surface area contributed by atoms with Gasteiger partial charge in [0.25, 0.3) is 0 Å². The van der Waals surface area contributed by atoms with Crippen molar-refractivity contribution in [3.63, 3.8) is 0 Å². The van der Waals surface area contributed by atoms with E-state index < -0.39 is 29.6 Å². The standard InChI is InChI=1S/C32H37N3O5/c1-19-12-13-23(16-20(19)2)34-29(36)26-25-14-15-32(40-25)27(26)31(38)35(18-21-8-7-11-24(17-21)39-3)28(32)30(37)33-22-9-5-4-6-10-22/h7-8,11-17,22,25-28H,4-6,9-10,18H2,1-3H3,(H,33,37)(H,34,36)/t25-,26-,27-,28+,32+/m1/s1. The van der Waals surface area contributed by atoms with E-state index >= 15 is 0 Å². The van der Waals surface area contributed by atoms with Crippen LogP contribution >= 0.6 is 0 Å². The highest BCUT2D eigenvalue weighted by Crippen LogP contribution is 2.55. The Bertz CT molecular complexity index is 1370. The summed E-state index contributed by atoms with van der Waals surface area (Å²) in [5.41, 5.74) is 2.53. The number of hydrogen-bond acceptors (Lipinski definition) is 5. The summed E-state index contributed by atoms with van der Waals surface area (Å²) >= 11 is 0. The van der Waals surface area contributed by atoms with Crippen molar-refractivity contribution in [3.8, 4) is 5.75 Å². The lowest BCUT2D eigenvalue weighted by Crippen LogP contribution is -2.56. The van der Waals surface area contributed by atoms with E-state index in [1.54, 1.807) is 12.0 Å². The molecule has 2 bridgehead atoms. The lowest BCUT2D eigenvalue weighted by molar-refractivity contribution is -0.142. The quantitative estimate of drug-likeness (QED) is 0.514. The molecule has 1 spiro atoms. The highest BCUT2D eigenvalue weighted by Gasteiger charge is 2.72. The van der Waals surface area contributed by atoms with Crippen LogP contribution in [-0.2, 0) is 25.7 Å². The monoisotopic (exact) mass is 543 g/mol. The van der Waals surface area contributed by atoms with Crippen LogP contribution in [0.15, 0.2) is 54.6 Å². The van der Waals surface area contributed by atoms with Gasteiger partial charge in [0.1, 0.15) is 17.4 Å². The van der Waals surface area contributed by atoms with Gasteiger partial charge in [-0.2, -0.15) is 0 Å². The fraction of sp³-hybridized carbons (Fsp3) is 0.469. The summed E-state index contributed by atoms with van der Waals surface area (Å²) < 4.78 is 11.9. The van der Waals surface area contributed by atoms with Crippen molar-refractivity contribution in [3.05, 3.63) is 71.3 Å². The predicted octanol–water partition coefficient (Wildman–Crippen LogP) is 4.05. The van der Waals surface area contributed by atoms with Gasteiger partial charge in [-0.15, -0.1) is 0 Å². The number of hydrogen-bond donors (Lipinski definition) is 2. The normalized spacial score (nSPS) is 29.0. The third-order valence-electron chi connectivity index (χ3n) is 9.14. The highest BCUT2D eigenvalue weighted by molar-refractivity contribution is 6.02. The average Bonchev–Trinajstić information content (AvgIpc) is 3.59. The molecule has 5 atom stereocenters. The molecule has 2 aromatic carbocycles. The van der Waals surface area contributed by atoms with E-state index in [-0.39, 0.29) is 30.3 Å². The molecule has 3 heterocycles. The van der Waals surface area contributed by atoms with Gasteiger partial charge in [-0.1, -0.05) is 49.6 Å². The number of ether oxygens (including phenoxy) is 2. The first-order valence-corrected chi connectivity index (χ1v) is 14.3. The Hall–Kier alpha value is -3.65. The van der Waals surface area contributed by atoms with Gasteiger partial charge in [-0.05, 0) is 67.6 Å². The number of likely N-dealkylation sites (tertiary alicyclic amines) is 1. The van der Waals surface area contributed by atoms with Gasteiger partial charge in [0.2, 0.25) is 17.7 Å². The molecular weight excluding hydrogens is 506 g/mol. The highest BCUT2D eigenvalue weighted by atomic mass is 16.5. The molecule has 1 saturated carbocycles. The summed E-state index contributed by atoms with van der Waals surface area (Å²) in [5.74, 6) is -1.58. The molecule has 0 aromatic heterocycles. The summed E-state index contributed by atoms with van der Waals surface area (Å²) in [6, 6.07) is 12.5. The minimum atomic E-state index is -1.19. The molecule has 4 aliphatic rings. The Balaban J connectivity index is 1.32. The van der Waals surface area contributed by atoms with Crippen LogP contribution in [0.3, 0.4) is 0 Å². The molecule has 1 aliphatic carbocycles. The van der Waals surface area contributed by atoms with Crippen molar-refractivity contribution in [2.75, 3.05) is 12.4 Å². The summed E-state index contributed by atoms with van der Waals surface area (Å²) in [4.78, 5) is 43.6. The first-order valence-electron chi connectivity index (χ1n) is 14.3. The van der Waals surface area contributed by atoms with Gasteiger partial charge in [-0.3, -0.25) is 14.4 Å². The maximum Gasteiger partial charge on any atom is 0.246 e. The van der Waals surface area contributed by atoms with Gasteiger partial charge in [0.15, 0.2) is 0 Å². The van der Waals surface area contributed by atoms with Gasteiger partial charge in [0, 0.05) is 18.3 Å². The second-order valence-corrected chi connectivity index (χ2v) is 11.7. The third-order valence-corrected chi connectivity index (χ3v) is 9.14. The van der Waals surface area contributed by atoms with Crippen LogP contribution in [0.1, 0.15) is 48.8 Å². The molecule has 3 aliphatic heterocycles. The number of methoxy groups -OCH3 is 1. The first kappa shape index (κ1) is 26.6. The Kier molecular flexibility index (Phi) is 6.90. The van der Waals surface area contributed by atoms with E-state index in [1.165, 1.54) is 6.42 Å². The molecule has 6 rings (SSSR count). The molecule has 3 amide bonds. The molecule has 2 aromatic rings. The van der Waals surface area contributed by atoms with E-state index in [2.05, 4.69) is 10.6 Å². The molecule has 2 N–H and O–H groups in total. The van der Waals surface area contributed by atoms with E-state index in [1.807, 2.05) is 68.5 Å². The molecule has 0 radical (unpaired) electrons. The molecule has 3 fully saturated rings. The second kappa shape index (κ2) is 10.4. The van der Waals surface area contributed by atoms with Gasteiger partial charge in [0.05, 0.1) is 25.0 Å². The number of rotatable bonds is 7. The average molecular weight is 544 g/mol. The largest absolute Gasteiger partial charge is 0.497 e. The lowest BCUT2D eigenvalue weighted by Gasteiger charge is -2.34. The molecule has 0 unspecified atom stereocenters. The minimum absolute atomic E-state index is 0.0805. The first-order chi connectivity index (χ1) is 19.3. The van der Waals surface area contributed by atoms with E-state index in [0.717, 1.165) is 42.4 Å². The van der Waals surface area contributed by atoms with Crippen molar-refractivity contribution in [2.24, 2.45) is 11.8 Å². The van der Waals surface area contributed by atoms with Crippen LogP contribution in [0.25, 0.3) is 0 Å². The predicted molar refractivity (Wildman–Crippen MR) is 151 cm³/mol. The fourth-order valence-corrected chi connectivity index (χ4v) is 6.98. The number of nitrogens with zero attached hydrogens (tertiary/aromatic N) is 1. The van der Waals surface area contributed by atoms with Crippen molar-refractivity contribution >= 4 is 23.4 Å². The number of benzene rings is 2. The van der Waals surface area contributed by atoms with Gasteiger partial charge < -0.3 is 25.0 Å². The number of amides is 3. The zero-order chi connectivity index (χ0) is 28.0. The minimum Gasteiger partial charge on any atom is -0.497 e. The molecule has 8 nitrogen and oxygen atoms in total. The number of aryl methyl sites for hydroxylation is 2. The smallest absolute Gasteiger partial charge is 0.246 e. The second-order valence-electron chi connectivity index (χ2n) is 11.7. The summed E-state index contributed by atoms with van der Waals surface area (Å²) in [7, 11) is 1.60. The number of carbonyl (C=O) groups excluding carboxylic acids is 3. The van der Waals surface area contributed by atoms with Crippen LogP contribution < -0.4 is 15.4 Å². The lowest BCUT2D eigenvalue weighted by atomic mass is 9.74. The maximum absolute atomic E-state index is 14.2. The summed E-state index contributed by atoms with van der Waals surface area (Å²) in [6.45, 7) is 4.23. The fourth-order valence-electron chi connectivity index (χ4n) is 6.98. The molecule has 2 saturated heterocycles. The summed E-state index contributed by atoms with van der Waals surface area (Å²) in [5, 5.41) is 6.25. The SMILES string of the molecule is COc1cccc(CN2C(=O)[C@H]3[C@H](C(=O)Nc4ccc(C)c(C)c4)[C@H]4C=C[C@@]3(O4)[C@@H]2C(=O)NC2CCCCC2)c1. The zero-order valence-electron chi connectivity index (χ0n) is 23.3.